The van der Waals surface area contributed by atoms with Gasteiger partial charge >= 0.3 is 5.97 Å². The molecule has 0 spiro atoms. The molecule has 5 rings (SSSR count). The van der Waals surface area contributed by atoms with Crippen molar-refractivity contribution >= 4 is 23.3 Å². The van der Waals surface area contributed by atoms with Crippen LogP contribution in [0, 0.1) is 19.8 Å². The molecule has 2 aromatic rings. The van der Waals surface area contributed by atoms with Crippen molar-refractivity contribution in [2.75, 3.05) is 0 Å². The second kappa shape index (κ2) is 6.08. The molecule has 0 bridgehead atoms. The quantitative estimate of drug-likeness (QED) is 0.740. The highest BCUT2D eigenvalue weighted by Crippen LogP contribution is 2.51. The molecule has 30 heavy (non-hydrogen) atoms. The number of carboxylic acid groups (broad SMARTS) is 1. The Balaban J connectivity index is 1.85. The number of hydrogen-bond donors (Lipinski definition) is 1. The average Bonchev–Trinajstić information content (AvgIpc) is 2.73. The highest BCUT2D eigenvalue weighted by Gasteiger charge is 2.62. The molecule has 2 atom stereocenters. The molecular formula is C25H20O5. The Morgan fingerprint density at radius 2 is 1.80 bits per heavy atom. The van der Waals surface area contributed by atoms with Gasteiger partial charge in [0.2, 0.25) is 0 Å². The molecule has 2 aromatic carbocycles. The lowest BCUT2D eigenvalue weighted by Gasteiger charge is -2.44. The zero-order valence-electron chi connectivity index (χ0n) is 16.7. The second-order valence-electron chi connectivity index (χ2n) is 8.47. The summed E-state index contributed by atoms with van der Waals surface area (Å²) in [4.78, 5) is 52.6. The third-order valence-electron chi connectivity index (χ3n) is 7.08. The minimum Gasteiger partial charge on any atom is -0.480 e. The summed E-state index contributed by atoms with van der Waals surface area (Å²) in [5, 5.41) is 10.4. The number of carboxylic acids is 1. The van der Waals surface area contributed by atoms with Gasteiger partial charge in [-0.15, -0.1) is 0 Å². The molecule has 2 unspecified atom stereocenters. The van der Waals surface area contributed by atoms with Crippen molar-refractivity contribution in [1.82, 2.24) is 0 Å². The topological polar surface area (TPSA) is 88.5 Å². The van der Waals surface area contributed by atoms with Gasteiger partial charge in [0.15, 0.2) is 22.8 Å². The summed E-state index contributed by atoms with van der Waals surface area (Å²) in [6.07, 6.45) is 4.47. The number of carbonyl (C=O) groups is 4. The third-order valence-corrected chi connectivity index (χ3v) is 7.08. The van der Waals surface area contributed by atoms with Gasteiger partial charge in [0.1, 0.15) is 0 Å². The van der Waals surface area contributed by atoms with Crippen LogP contribution in [-0.4, -0.2) is 28.4 Å². The van der Waals surface area contributed by atoms with Gasteiger partial charge < -0.3 is 5.11 Å². The van der Waals surface area contributed by atoms with Gasteiger partial charge in [-0.1, -0.05) is 18.2 Å². The van der Waals surface area contributed by atoms with Crippen molar-refractivity contribution in [2.45, 2.75) is 38.5 Å². The van der Waals surface area contributed by atoms with Gasteiger partial charge in [-0.3, -0.25) is 19.2 Å². The second-order valence-corrected chi connectivity index (χ2v) is 8.47. The predicted molar refractivity (Wildman–Crippen MR) is 109 cm³/mol. The van der Waals surface area contributed by atoms with Crippen LogP contribution in [0.1, 0.15) is 65.3 Å². The van der Waals surface area contributed by atoms with Gasteiger partial charge in [-0.2, -0.15) is 0 Å². The van der Waals surface area contributed by atoms with Gasteiger partial charge in [-0.25, -0.2) is 0 Å². The van der Waals surface area contributed by atoms with Crippen LogP contribution in [0.4, 0.5) is 0 Å². The fourth-order valence-electron chi connectivity index (χ4n) is 5.49. The van der Waals surface area contributed by atoms with Crippen molar-refractivity contribution in [1.29, 1.82) is 0 Å². The number of benzene rings is 2. The number of allylic oxidation sites excluding steroid dienone is 2. The van der Waals surface area contributed by atoms with Crippen LogP contribution in [0.2, 0.25) is 0 Å². The molecule has 3 aliphatic carbocycles. The molecule has 5 heteroatoms. The number of ketones is 3. The monoisotopic (exact) mass is 400 g/mol. The first-order valence-corrected chi connectivity index (χ1v) is 10.1. The minimum atomic E-state index is -1.92. The largest absolute Gasteiger partial charge is 0.480 e. The molecule has 0 saturated heterocycles. The van der Waals surface area contributed by atoms with Crippen molar-refractivity contribution in [3.63, 3.8) is 0 Å². The maximum atomic E-state index is 13.9. The van der Waals surface area contributed by atoms with E-state index in [4.69, 9.17) is 0 Å². The summed E-state index contributed by atoms with van der Waals surface area (Å²) < 4.78 is 0. The molecule has 0 heterocycles. The van der Waals surface area contributed by atoms with E-state index in [1.165, 1.54) is 12.1 Å². The highest BCUT2D eigenvalue weighted by molar-refractivity contribution is 6.28. The normalized spacial score (nSPS) is 24.1. The van der Waals surface area contributed by atoms with Gasteiger partial charge in [-0.05, 0) is 79.1 Å². The van der Waals surface area contributed by atoms with E-state index in [9.17, 15) is 24.3 Å². The van der Waals surface area contributed by atoms with E-state index in [1.807, 2.05) is 26.0 Å². The molecule has 0 amide bonds. The van der Waals surface area contributed by atoms with Gasteiger partial charge in [0.05, 0.1) is 5.92 Å². The minimum absolute atomic E-state index is 0.120. The zero-order valence-corrected chi connectivity index (χ0v) is 16.7. The molecule has 3 aliphatic rings. The molecule has 0 saturated carbocycles. The predicted octanol–water partition coefficient (Wildman–Crippen LogP) is 3.56. The smallest absolute Gasteiger partial charge is 0.322 e. The molecular weight excluding hydrogens is 380 g/mol. The van der Waals surface area contributed by atoms with Crippen molar-refractivity contribution in [3.8, 4) is 0 Å². The van der Waals surface area contributed by atoms with Crippen molar-refractivity contribution in [2.24, 2.45) is 5.92 Å². The molecule has 1 N–H and O–H groups in total. The Labute approximate surface area is 173 Å². The zero-order chi connectivity index (χ0) is 21.4. The Morgan fingerprint density at radius 1 is 1.03 bits per heavy atom. The van der Waals surface area contributed by atoms with Crippen LogP contribution < -0.4 is 0 Å². The lowest BCUT2D eigenvalue weighted by molar-refractivity contribution is -0.143. The third kappa shape index (κ3) is 2.12. The molecule has 0 fully saturated rings. The fourth-order valence-corrected chi connectivity index (χ4v) is 5.49. The van der Waals surface area contributed by atoms with Crippen LogP contribution in [0.5, 0.6) is 0 Å². The lowest BCUT2D eigenvalue weighted by atomic mass is 9.53. The fraction of sp³-hybridized carbons (Fsp3) is 0.280. The van der Waals surface area contributed by atoms with E-state index < -0.39 is 23.1 Å². The lowest BCUT2D eigenvalue weighted by Crippen LogP contribution is -2.58. The van der Waals surface area contributed by atoms with Crippen LogP contribution in [-0.2, 0) is 23.1 Å². The maximum Gasteiger partial charge on any atom is 0.322 e. The van der Waals surface area contributed by atoms with Gasteiger partial charge in [0, 0.05) is 16.7 Å². The van der Waals surface area contributed by atoms with Crippen molar-refractivity contribution < 1.29 is 24.3 Å². The Kier molecular flexibility index (Phi) is 3.78. The van der Waals surface area contributed by atoms with Crippen molar-refractivity contribution in [3.05, 3.63) is 80.9 Å². The number of rotatable bonds is 1. The van der Waals surface area contributed by atoms with E-state index in [1.54, 1.807) is 12.1 Å². The van der Waals surface area contributed by atoms with E-state index in [0.29, 0.717) is 29.5 Å². The summed E-state index contributed by atoms with van der Waals surface area (Å²) in [5.74, 6) is -3.36. The first-order chi connectivity index (χ1) is 14.3. The Morgan fingerprint density at radius 3 is 2.53 bits per heavy atom. The maximum absolute atomic E-state index is 13.9. The standard InChI is InChI=1S/C25H20O5/c1-12-6-7-14-8-9-19-22(27)17-11-16-15(4-3-5-20(16)26)10-18(17)23(28)25(19,24(29)30)21(14)13(12)2/h3,5-7,10-11,19H,4,8-9H2,1-2H3,(H,29,30). The van der Waals surface area contributed by atoms with Gasteiger partial charge in [0.25, 0.3) is 0 Å². The molecule has 0 aromatic heterocycles. The summed E-state index contributed by atoms with van der Waals surface area (Å²) >= 11 is 0. The number of aliphatic carboxylic acids is 1. The summed E-state index contributed by atoms with van der Waals surface area (Å²) in [6, 6.07) is 6.87. The number of aryl methyl sites for hydroxylation is 2. The van der Waals surface area contributed by atoms with E-state index in [0.717, 1.165) is 16.7 Å². The molecule has 0 aliphatic heterocycles. The van der Waals surface area contributed by atoms with E-state index in [-0.39, 0.29) is 29.1 Å². The van der Waals surface area contributed by atoms with Crippen LogP contribution >= 0.6 is 0 Å². The number of hydrogen-bond acceptors (Lipinski definition) is 4. The summed E-state index contributed by atoms with van der Waals surface area (Å²) in [6.45, 7) is 3.71. The first-order valence-electron chi connectivity index (χ1n) is 10.1. The molecule has 150 valence electrons. The van der Waals surface area contributed by atoms with Crippen LogP contribution in [0.15, 0.2) is 36.4 Å². The Bertz CT molecular complexity index is 1230. The van der Waals surface area contributed by atoms with Crippen LogP contribution in [0.3, 0.4) is 0 Å². The number of Topliss-reactive ketones (excluding diaryl/α,β-unsaturated/α-hetero) is 2. The van der Waals surface area contributed by atoms with Crippen LogP contribution in [0.25, 0.3) is 0 Å². The highest BCUT2D eigenvalue weighted by atomic mass is 16.4. The van der Waals surface area contributed by atoms with E-state index >= 15 is 0 Å². The number of fused-ring (bicyclic) bond motifs is 5. The molecule has 5 nitrogen and oxygen atoms in total. The average molecular weight is 400 g/mol. The summed E-state index contributed by atoms with van der Waals surface area (Å²) in [5.41, 5.74) is 2.38. The SMILES string of the molecule is Cc1ccc2c(c1C)C1(C(=O)O)C(=O)c3cc4c(cc3C(=O)C1CC2)C(=O)C=CC4. The Hall–Kier alpha value is -3.34. The van der Waals surface area contributed by atoms with E-state index in [2.05, 4.69) is 0 Å². The number of carbonyl (C=O) groups excluding carboxylic acids is 3. The molecule has 0 radical (unpaired) electrons. The summed E-state index contributed by atoms with van der Waals surface area (Å²) in [7, 11) is 0. The first kappa shape index (κ1) is 18.7.